The Morgan fingerprint density at radius 1 is 1.39 bits per heavy atom. The first-order chi connectivity index (χ1) is 8.19. The number of halogens is 2. The van der Waals surface area contributed by atoms with Crippen LogP contribution in [-0.2, 0) is 9.53 Å². The lowest BCUT2D eigenvalue weighted by Crippen LogP contribution is -2.29. The van der Waals surface area contributed by atoms with E-state index >= 15 is 0 Å². The van der Waals surface area contributed by atoms with Gasteiger partial charge in [-0.05, 0) is 59.7 Å². The van der Waals surface area contributed by atoms with Gasteiger partial charge in [-0.3, -0.25) is 4.79 Å². The Labute approximate surface area is 126 Å². The Bertz CT molecular complexity index is 400. The third-order valence-corrected chi connectivity index (χ3v) is 3.49. The van der Waals surface area contributed by atoms with Gasteiger partial charge in [-0.2, -0.15) is 0 Å². The molecule has 1 aliphatic rings. The van der Waals surface area contributed by atoms with Crippen LogP contribution in [0, 0.1) is 3.57 Å². The highest BCUT2D eigenvalue weighted by atomic mass is 127. The molecule has 2 rings (SSSR count). The molecule has 18 heavy (non-hydrogen) atoms. The zero-order valence-electron chi connectivity index (χ0n) is 9.77. The fraction of sp³-hybridized carbons (Fsp3) is 0.417. The van der Waals surface area contributed by atoms with Crippen molar-refractivity contribution >= 4 is 46.6 Å². The number of hydrogen-bond acceptors (Lipinski definition) is 3. The second-order valence-electron chi connectivity index (χ2n) is 4.06. The lowest BCUT2D eigenvalue weighted by Gasteiger charge is -2.12. The number of hydrogen-bond donors (Lipinski definition) is 2. The van der Waals surface area contributed by atoms with E-state index in [2.05, 4.69) is 27.9 Å². The molecule has 0 aromatic heterocycles. The van der Waals surface area contributed by atoms with E-state index in [1.165, 1.54) is 0 Å². The van der Waals surface area contributed by atoms with Crippen LogP contribution in [0.3, 0.4) is 0 Å². The lowest BCUT2D eigenvalue weighted by atomic mass is 10.2. The smallest absolute Gasteiger partial charge is 0.253 e. The van der Waals surface area contributed by atoms with Gasteiger partial charge >= 0.3 is 0 Å². The third-order valence-electron chi connectivity index (χ3n) is 2.77. The Balaban J connectivity index is 0.00000162. The molecule has 1 aromatic carbocycles. The first kappa shape index (κ1) is 15.7. The Kier molecular flexibility index (Phi) is 6.34. The molecule has 0 spiro atoms. The predicted octanol–water partition coefficient (Wildman–Crippen LogP) is 2.16. The van der Waals surface area contributed by atoms with Gasteiger partial charge in [-0.1, -0.05) is 0 Å². The Morgan fingerprint density at radius 2 is 2.06 bits per heavy atom. The number of benzene rings is 1. The summed E-state index contributed by atoms with van der Waals surface area (Å²) in [5, 5.41) is 2.85. The maximum Gasteiger partial charge on any atom is 0.253 e. The zero-order chi connectivity index (χ0) is 12.3. The average molecular weight is 383 g/mol. The number of nitrogens with one attached hydrogen (secondary N) is 1. The SMILES string of the molecule is Cl.NC[C@H]1CC[C@@H](C(=O)Nc2ccc(I)cc2)O1. The quantitative estimate of drug-likeness (QED) is 0.788. The Hall–Kier alpha value is -0.370. The van der Waals surface area contributed by atoms with Crippen LogP contribution in [0.15, 0.2) is 24.3 Å². The molecule has 0 unspecified atom stereocenters. The maximum absolute atomic E-state index is 11.9. The zero-order valence-corrected chi connectivity index (χ0v) is 12.7. The number of ether oxygens (including phenoxy) is 1. The van der Waals surface area contributed by atoms with Crippen molar-refractivity contribution in [2.24, 2.45) is 5.73 Å². The highest BCUT2D eigenvalue weighted by molar-refractivity contribution is 14.1. The van der Waals surface area contributed by atoms with Gasteiger partial charge in [0, 0.05) is 15.8 Å². The third kappa shape index (κ3) is 4.08. The number of rotatable bonds is 3. The molecule has 1 fully saturated rings. The van der Waals surface area contributed by atoms with E-state index in [9.17, 15) is 4.79 Å². The monoisotopic (exact) mass is 382 g/mol. The molecule has 6 heteroatoms. The topological polar surface area (TPSA) is 64.4 Å². The van der Waals surface area contributed by atoms with Crippen LogP contribution in [0.5, 0.6) is 0 Å². The van der Waals surface area contributed by atoms with Gasteiger partial charge in [-0.15, -0.1) is 12.4 Å². The minimum Gasteiger partial charge on any atom is -0.364 e. The molecular weight excluding hydrogens is 367 g/mol. The number of nitrogens with two attached hydrogens (primary N) is 1. The molecule has 0 bridgehead atoms. The summed E-state index contributed by atoms with van der Waals surface area (Å²) < 4.78 is 6.67. The molecule has 0 radical (unpaired) electrons. The van der Waals surface area contributed by atoms with Gasteiger partial charge in [0.15, 0.2) is 0 Å². The molecule has 0 aliphatic carbocycles. The summed E-state index contributed by atoms with van der Waals surface area (Å²) in [6.45, 7) is 0.479. The number of amides is 1. The van der Waals surface area contributed by atoms with Crippen molar-refractivity contribution < 1.29 is 9.53 Å². The van der Waals surface area contributed by atoms with Crippen molar-refractivity contribution in [2.45, 2.75) is 25.0 Å². The first-order valence-electron chi connectivity index (χ1n) is 5.61. The van der Waals surface area contributed by atoms with Gasteiger partial charge in [0.1, 0.15) is 6.10 Å². The fourth-order valence-electron chi connectivity index (χ4n) is 1.83. The second-order valence-corrected chi connectivity index (χ2v) is 5.30. The highest BCUT2D eigenvalue weighted by Crippen LogP contribution is 2.20. The molecular formula is C12H16ClIN2O2. The second kappa shape index (κ2) is 7.28. The summed E-state index contributed by atoms with van der Waals surface area (Å²) in [5.74, 6) is -0.0813. The van der Waals surface area contributed by atoms with E-state index in [1.54, 1.807) is 0 Å². The van der Waals surface area contributed by atoms with E-state index in [4.69, 9.17) is 10.5 Å². The van der Waals surface area contributed by atoms with Crippen molar-refractivity contribution in [1.82, 2.24) is 0 Å². The van der Waals surface area contributed by atoms with Crippen LogP contribution in [0.4, 0.5) is 5.69 Å². The van der Waals surface area contributed by atoms with Crippen molar-refractivity contribution in [3.05, 3.63) is 27.8 Å². The summed E-state index contributed by atoms with van der Waals surface area (Å²) in [7, 11) is 0. The molecule has 2 atom stereocenters. The summed E-state index contributed by atoms with van der Waals surface area (Å²) in [4.78, 5) is 11.9. The van der Waals surface area contributed by atoms with Crippen molar-refractivity contribution in [3.63, 3.8) is 0 Å². The minimum absolute atomic E-state index is 0. The number of carbonyl (C=O) groups excluding carboxylic acids is 1. The van der Waals surface area contributed by atoms with Crippen LogP contribution < -0.4 is 11.1 Å². The molecule has 1 heterocycles. The van der Waals surface area contributed by atoms with E-state index in [0.29, 0.717) is 6.54 Å². The summed E-state index contributed by atoms with van der Waals surface area (Å²) in [6.07, 6.45) is 1.28. The highest BCUT2D eigenvalue weighted by Gasteiger charge is 2.29. The molecule has 100 valence electrons. The first-order valence-corrected chi connectivity index (χ1v) is 6.69. The van der Waals surface area contributed by atoms with Crippen LogP contribution in [0.2, 0.25) is 0 Å². The average Bonchev–Trinajstić information content (AvgIpc) is 2.81. The Morgan fingerprint density at radius 3 is 2.61 bits per heavy atom. The summed E-state index contributed by atoms with van der Waals surface area (Å²) >= 11 is 2.22. The molecule has 3 N–H and O–H groups in total. The van der Waals surface area contributed by atoms with Crippen LogP contribution >= 0.6 is 35.0 Å². The standard InChI is InChI=1S/C12H15IN2O2.ClH/c13-8-1-3-9(4-2-8)15-12(16)11-6-5-10(7-14)17-11;/h1-4,10-11H,5-7,14H2,(H,15,16);1H/t10-,11+;/m1./s1. The molecule has 1 amide bonds. The van der Waals surface area contributed by atoms with Gasteiger partial charge in [0.2, 0.25) is 0 Å². The molecule has 0 saturated carbocycles. The summed E-state index contributed by atoms with van der Waals surface area (Å²) in [6, 6.07) is 7.67. The lowest BCUT2D eigenvalue weighted by molar-refractivity contribution is -0.126. The van der Waals surface area contributed by atoms with E-state index in [0.717, 1.165) is 22.1 Å². The number of anilines is 1. The van der Waals surface area contributed by atoms with Gasteiger partial charge in [0.25, 0.3) is 5.91 Å². The molecule has 1 aliphatic heterocycles. The molecule has 1 aromatic rings. The van der Waals surface area contributed by atoms with Crippen LogP contribution in [-0.4, -0.2) is 24.7 Å². The minimum atomic E-state index is -0.358. The van der Waals surface area contributed by atoms with Crippen molar-refractivity contribution in [2.75, 3.05) is 11.9 Å². The number of carbonyl (C=O) groups is 1. The van der Waals surface area contributed by atoms with Crippen molar-refractivity contribution in [3.8, 4) is 0 Å². The van der Waals surface area contributed by atoms with E-state index in [1.807, 2.05) is 24.3 Å². The van der Waals surface area contributed by atoms with E-state index in [-0.39, 0.29) is 30.5 Å². The maximum atomic E-state index is 11.9. The van der Waals surface area contributed by atoms with Crippen molar-refractivity contribution in [1.29, 1.82) is 0 Å². The predicted molar refractivity (Wildman–Crippen MR) is 82.0 cm³/mol. The normalized spacial score (nSPS) is 22.3. The summed E-state index contributed by atoms with van der Waals surface area (Å²) in [5.41, 5.74) is 6.31. The van der Waals surface area contributed by atoms with Gasteiger partial charge in [0.05, 0.1) is 6.10 Å². The molecule has 1 saturated heterocycles. The molecule has 4 nitrogen and oxygen atoms in total. The fourth-order valence-corrected chi connectivity index (χ4v) is 2.19. The van der Waals surface area contributed by atoms with Gasteiger partial charge < -0.3 is 15.8 Å². The largest absolute Gasteiger partial charge is 0.364 e. The van der Waals surface area contributed by atoms with E-state index < -0.39 is 0 Å². The van der Waals surface area contributed by atoms with Gasteiger partial charge in [-0.25, -0.2) is 0 Å². The van der Waals surface area contributed by atoms with Crippen LogP contribution in [0.1, 0.15) is 12.8 Å². The van der Waals surface area contributed by atoms with Crippen LogP contribution in [0.25, 0.3) is 0 Å².